The van der Waals surface area contributed by atoms with Gasteiger partial charge in [-0.1, -0.05) is 13.8 Å². The molecule has 1 atom stereocenters. The Morgan fingerprint density at radius 1 is 1.53 bits per heavy atom. The number of aromatic nitrogens is 1. The SMILES string of the molecule is CCCn1cc(Br)cc1C(=O)N1CCOC(CC)C1. The number of hydrogen-bond acceptors (Lipinski definition) is 2. The summed E-state index contributed by atoms with van der Waals surface area (Å²) in [6.07, 6.45) is 4.12. The second-order valence-corrected chi connectivity index (χ2v) is 5.80. The maximum Gasteiger partial charge on any atom is 0.270 e. The summed E-state index contributed by atoms with van der Waals surface area (Å²) >= 11 is 3.45. The predicted molar refractivity (Wildman–Crippen MR) is 78.4 cm³/mol. The lowest BCUT2D eigenvalue weighted by Crippen LogP contribution is -2.45. The monoisotopic (exact) mass is 328 g/mol. The summed E-state index contributed by atoms with van der Waals surface area (Å²) in [6.45, 7) is 7.10. The molecule has 0 aromatic carbocycles. The first-order valence-electron chi connectivity index (χ1n) is 6.92. The summed E-state index contributed by atoms with van der Waals surface area (Å²) < 4.78 is 8.61. The van der Waals surface area contributed by atoms with Crippen molar-refractivity contribution in [1.29, 1.82) is 0 Å². The third kappa shape index (κ3) is 3.39. The highest BCUT2D eigenvalue weighted by molar-refractivity contribution is 9.10. The third-order valence-electron chi connectivity index (χ3n) is 3.43. The lowest BCUT2D eigenvalue weighted by Gasteiger charge is -2.32. The summed E-state index contributed by atoms with van der Waals surface area (Å²) in [7, 11) is 0. The van der Waals surface area contributed by atoms with Crippen molar-refractivity contribution in [1.82, 2.24) is 9.47 Å². The maximum absolute atomic E-state index is 12.6. The van der Waals surface area contributed by atoms with Crippen LogP contribution in [0, 0.1) is 0 Å². The molecule has 0 saturated carbocycles. The minimum Gasteiger partial charge on any atom is -0.375 e. The van der Waals surface area contributed by atoms with Gasteiger partial charge in [-0.2, -0.15) is 0 Å². The van der Waals surface area contributed by atoms with Crippen LogP contribution < -0.4 is 0 Å². The fourth-order valence-electron chi connectivity index (χ4n) is 2.39. The fraction of sp³-hybridized carbons (Fsp3) is 0.643. The average Bonchev–Trinajstić information content (AvgIpc) is 2.79. The largest absolute Gasteiger partial charge is 0.375 e. The summed E-state index contributed by atoms with van der Waals surface area (Å²) in [4.78, 5) is 14.5. The molecule has 1 aliphatic heterocycles. The molecule has 2 rings (SSSR count). The summed E-state index contributed by atoms with van der Waals surface area (Å²) in [6, 6.07) is 1.91. The number of ether oxygens (including phenoxy) is 1. The molecule has 1 fully saturated rings. The van der Waals surface area contributed by atoms with Crippen LogP contribution >= 0.6 is 15.9 Å². The zero-order chi connectivity index (χ0) is 13.8. The molecule has 0 spiro atoms. The van der Waals surface area contributed by atoms with Crippen molar-refractivity contribution in [3.05, 3.63) is 22.4 Å². The zero-order valence-electron chi connectivity index (χ0n) is 11.6. The summed E-state index contributed by atoms with van der Waals surface area (Å²) in [5.41, 5.74) is 0.769. The van der Waals surface area contributed by atoms with Gasteiger partial charge in [-0.15, -0.1) is 0 Å². The van der Waals surface area contributed by atoms with Gasteiger partial charge in [0.2, 0.25) is 0 Å². The molecular weight excluding hydrogens is 308 g/mol. The molecule has 5 heteroatoms. The number of morpholine rings is 1. The van der Waals surface area contributed by atoms with Gasteiger partial charge in [0.25, 0.3) is 5.91 Å². The average molecular weight is 329 g/mol. The molecule has 0 radical (unpaired) electrons. The summed E-state index contributed by atoms with van der Waals surface area (Å²) in [5, 5.41) is 0. The van der Waals surface area contributed by atoms with Crippen LogP contribution in [0.1, 0.15) is 37.2 Å². The number of carbonyl (C=O) groups is 1. The van der Waals surface area contributed by atoms with Crippen LogP contribution in [0.3, 0.4) is 0 Å². The van der Waals surface area contributed by atoms with Crippen molar-refractivity contribution >= 4 is 21.8 Å². The maximum atomic E-state index is 12.6. The number of aryl methyl sites for hydroxylation is 1. The smallest absolute Gasteiger partial charge is 0.270 e. The Balaban J connectivity index is 2.14. The van der Waals surface area contributed by atoms with E-state index in [1.807, 2.05) is 21.7 Å². The predicted octanol–water partition coefficient (Wildman–Crippen LogP) is 2.91. The Bertz CT molecular complexity index is 445. The van der Waals surface area contributed by atoms with E-state index >= 15 is 0 Å². The van der Waals surface area contributed by atoms with Crippen molar-refractivity contribution in [2.45, 2.75) is 39.3 Å². The Hall–Kier alpha value is -0.810. The molecule has 1 unspecified atom stereocenters. The second kappa shape index (κ2) is 6.57. The molecule has 2 heterocycles. The number of hydrogen-bond donors (Lipinski definition) is 0. The molecule has 0 aliphatic carbocycles. The molecule has 1 amide bonds. The van der Waals surface area contributed by atoms with Crippen molar-refractivity contribution in [3.8, 4) is 0 Å². The first kappa shape index (κ1) is 14.6. The van der Waals surface area contributed by atoms with E-state index in [0.29, 0.717) is 19.7 Å². The number of amides is 1. The lowest BCUT2D eigenvalue weighted by atomic mass is 10.2. The van der Waals surface area contributed by atoms with Gasteiger partial charge in [0, 0.05) is 30.3 Å². The van der Waals surface area contributed by atoms with Gasteiger partial charge in [0.05, 0.1) is 12.7 Å². The van der Waals surface area contributed by atoms with Gasteiger partial charge in [0.1, 0.15) is 5.69 Å². The highest BCUT2D eigenvalue weighted by Gasteiger charge is 2.25. The highest BCUT2D eigenvalue weighted by Crippen LogP contribution is 2.19. The van der Waals surface area contributed by atoms with Crippen LogP contribution in [0.2, 0.25) is 0 Å². The standard InChI is InChI=1S/C14H21BrN2O2/c1-3-5-16-9-11(15)8-13(16)14(18)17-6-7-19-12(4-2)10-17/h8-9,12H,3-7,10H2,1-2H3. The van der Waals surface area contributed by atoms with Crippen LogP contribution in [0.15, 0.2) is 16.7 Å². The van der Waals surface area contributed by atoms with Crippen LogP contribution in [-0.4, -0.2) is 41.2 Å². The van der Waals surface area contributed by atoms with Gasteiger partial charge in [-0.05, 0) is 34.8 Å². The molecule has 106 valence electrons. The Morgan fingerprint density at radius 3 is 3.00 bits per heavy atom. The van der Waals surface area contributed by atoms with E-state index in [0.717, 1.165) is 29.6 Å². The second-order valence-electron chi connectivity index (χ2n) is 4.89. The van der Waals surface area contributed by atoms with E-state index in [9.17, 15) is 4.79 Å². The normalized spacial score (nSPS) is 19.7. The Morgan fingerprint density at radius 2 is 2.32 bits per heavy atom. The van der Waals surface area contributed by atoms with Crippen molar-refractivity contribution in [2.75, 3.05) is 19.7 Å². The molecule has 0 bridgehead atoms. The van der Waals surface area contributed by atoms with Crippen LogP contribution in [-0.2, 0) is 11.3 Å². The lowest BCUT2D eigenvalue weighted by molar-refractivity contribution is -0.0229. The molecular formula is C14H21BrN2O2. The molecule has 1 aromatic rings. The van der Waals surface area contributed by atoms with E-state index in [1.54, 1.807) is 0 Å². The summed E-state index contributed by atoms with van der Waals surface area (Å²) in [5.74, 6) is 0.112. The van der Waals surface area contributed by atoms with Gasteiger partial charge < -0.3 is 14.2 Å². The van der Waals surface area contributed by atoms with Gasteiger partial charge in [0.15, 0.2) is 0 Å². The molecule has 4 nitrogen and oxygen atoms in total. The van der Waals surface area contributed by atoms with Crippen molar-refractivity contribution < 1.29 is 9.53 Å². The fourth-order valence-corrected chi connectivity index (χ4v) is 2.86. The topological polar surface area (TPSA) is 34.5 Å². The minimum atomic E-state index is 0.112. The van der Waals surface area contributed by atoms with Crippen LogP contribution in [0.5, 0.6) is 0 Å². The molecule has 0 N–H and O–H groups in total. The van der Waals surface area contributed by atoms with E-state index in [2.05, 4.69) is 29.8 Å². The van der Waals surface area contributed by atoms with E-state index < -0.39 is 0 Å². The number of carbonyl (C=O) groups excluding carboxylic acids is 1. The number of halogens is 1. The number of rotatable bonds is 4. The third-order valence-corrected chi connectivity index (χ3v) is 3.86. The van der Waals surface area contributed by atoms with Crippen molar-refractivity contribution in [2.24, 2.45) is 0 Å². The minimum absolute atomic E-state index is 0.112. The Labute approximate surface area is 122 Å². The molecule has 1 saturated heterocycles. The van der Waals surface area contributed by atoms with Crippen molar-refractivity contribution in [3.63, 3.8) is 0 Å². The van der Waals surface area contributed by atoms with Crippen LogP contribution in [0.4, 0.5) is 0 Å². The highest BCUT2D eigenvalue weighted by atomic mass is 79.9. The van der Waals surface area contributed by atoms with E-state index in [1.165, 1.54) is 0 Å². The van der Waals surface area contributed by atoms with E-state index in [-0.39, 0.29) is 12.0 Å². The molecule has 19 heavy (non-hydrogen) atoms. The van der Waals surface area contributed by atoms with E-state index in [4.69, 9.17) is 4.74 Å². The molecule has 1 aromatic heterocycles. The van der Waals surface area contributed by atoms with Gasteiger partial charge in [-0.3, -0.25) is 4.79 Å². The number of nitrogens with zero attached hydrogens (tertiary/aromatic N) is 2. The van der Waals surface area contributed by atoms with Crippen LogP contribution in [0.25, 0.3) is 0 Å². The molecule has 1 aliphatic rings. The first-order chi connectivity index (χ1) is 9.15. The van der Waals surface area contributed by atoms with Gasteiger partial charge in [-0.25, -0.2) is 0 Å². The van der Waals surface area contributed by atoms with Gasteiger partial charge >= 0.3 is 0 Å². The zero-order valence-corrected chi connectivity index (χ0v) is 13.1. The first-order valence-corrected chi connectivity index (χ1v) is 7.71. The Kier molecular flexibility index (Phi) is 5.05. The quantitative estimate of drug-likeness (QED) is 0.851.